The van der Waals surface area contributed by atoms with Crippen LogP contribution in [0, 0.1) is 0 Å². The summed E-state index contributed by atoms with van der Waals surface area (Å²) in [4.78, 5) is 28.4. The quantitative estimate of drug-likeness (QED) is 0.748. The number of hydrogen-bond donors (Lipinski definition) is 0. The van der Waals surface area contributed by atoms with Gasteiger partial charge in [0.05, 0.1) is 11.8 Å². The smallest absolute Gasteiger partial charge is 0.257 e. The maximum Gasteiger partial charge on any atom is 0.257 e. The topological polar surface area (TPSA) is 53.8 Å². The Morgan fingerprint density at radius 3 is 2.29 bits per heavy atom. The Labute approximate surface area is 142 Å². The molecule has 0 aliphatic heterocycles. The molecule has 0 fully saturated rings. The van der Waals surface area contributed by atoms with E-state index < -0.39 is 0 Å². The molecule has 0 bridgehead atoms. The Morgan fingerprint density at radius 1 is 1.00 bits per heavy atom. The Morgan fingerprint density at radius 2 is 1.71 bits per heavy atom. The molecule has 0 saturated heterocycles. The van der Waals surface area contributed by atoms with Crippen molar-refractivity contribution in [1.82, 2.24) is 9.80 Å². The molecule has 0 unspecified atom stereocenters. The van der Waals surface area contributed by atoms with Crippen molar-refractivity contribution < 1.29 is 14.0 Å². The van der Waals surface area contributed by atoms with Crippen LogP contribution in [0.5, 0.6) is 0 Å². The van der Waals surface area contributed by atoms with Gasteiger partial charge in [0.1, 0.15) is 6.26 Å². The van der Waals surface area contributed by atoms with E-state index >= 15 is 0 Å². The zero-order valence-corrected chi connectivity index (χ0v) is 14.3. The summed E-state index contributed by atoms with van der Waals surface area (Å²) in [6.45, 7) is 6.14. The molecule has 2 rings (SSSR count). The second-order valence-corrected chi connectivity index (χ2v) is 5.54. The molecule has 5 heteroatoms. The Kier molecular flexibility index (Phi) is 6.61. The van der Waals surface area contributed by atoms with Crippen LogP contribution in [-0.4, -0.2) is 41.2 Å². The Bertz CT molecular complexity index is 634. The van der Waals surface area contributed by atoms with Gasteiger partial charge in [-0.05, 0) is 25.5 Å². The number of amides is 2. The minimum absolute atomic E-state index is 0.0676. The van der Waals surface area contributed by atoms with E-state index in [1.165, 1.54) is 12.5 Å². The number of carbonyl (C=O) groups excluding carboxylic acids is 2. The van der Waals surface area contributed by atoms with Gasteiger partial charge in [0.25, 0.3) is 5.91 Å². The van der Waals surface area contributed by atoms with Gasteiger partial charge in [-0.25, -0.2) is 0 Å². The minimum Gasteiger partial charge on any atom is -0.472 e. The fraction of sp³-hybridized carbons (Fsp3) is 0.368. The van der Waals surface area contributed by atoms with Crippen LogP contribution in [0.3, 0.4) is 0 Å². The normalized spacial score (nSPS) is 10.4. The zero-order valence-electron chi connectivity index (χ0n) is 14.3. The molecule has 0 radical (unpaired) electrons. The van der Waals surface area contributed by atoms with Crippen LogP contribution in [0.1, 0.15) is 36.2 Å². The van der Waals surface area contributed by atoms with Crippen LogP contribution in [0.25, 0.3) is 0 Å². The first-order chi connectivity index (χ1) is 11.7. The van der Waals surface area contributed by atoms with Gasteiger partial charge in [-0.15, -0.1) is 0 Å². The predicted octanol–water partition coefficient (Wildman–Crippen LogP) is 3.18. The highest BCUT2D eigenvalue weighted by Crippen LogP contribution is 2.12. The van der Waals surface area contributed by atoms with E-state index in [0.717, 1.165) is 5.56 Å². The highest BCUT2D eigenvalue weighted by atomic mass is 16.3. The van der Waals surface area contributed by atoms with Crippen molar-refractivity contribution in [2.45, 2.75) is 26.8 Å². The van der Waals surface area contributed by atoms with Crippen LogP contribution in [-0.2, 0) is 11.3 Å². The summed E-state index contributed by atoms with van der Waals surface area (Å²) < 4.78 is 5.01. The lowest BCUT2D eigenvalue weighted by Gasteiger charge is -2.24. The van der Waals surface area contributed by atoms with Crippen molar-refractivity contribution >= 4 is 11.8 Å². The third-order valence-electron chi connectivity index (χ3n) is 3.98. The summed E-state index contributed by atoms with van der Waals surface area (Å²) in [5.41, 5.74) is 1.53. The second-order valence-electron chi connectivity index (χ2n) is 5.54. The summed E-state index contributed by atoms with van der Waals surface area (Å²) in [7, 11) is 0. The first kappa shape index (κ1) is 17.8. The lowest BCUT2D eigenvalue weighted by molar-refractivity contribution is -0.131. The van der Waals surface area contributed by atoms with Crippen molar-refractivity contribution in [1.29, 1.82) is 0 Å². The molecule has 1 heterocycles. The fourth-order valence-electron chi connectivity index (χ4n) is 2.59. The predicted molar refractivity (Wildman–Crippen MR) is 92.4 cm³/mol. The number of rotatable bonds is 8. The van der Waals surface area contributed by atoms with Crippen molar-refractivity contribution in [3.63, 3.8) is 0 Å². The summed E-state index contributed by atoms with van der Waals surface area (Å²) in [6, 6.07) is 11.4. The van der Waals surface area contributed by atoms with Gasteiger partial charge in [0.15, 0.2) is 0 Å². The molecule has 0 aliphatic rings. The highest BCUT2D eigenvalue weighted by Gasteiger charge is 2.19. The van der Waals surface area contributed by atoms with Crippen molar-refractivity contribution in [2.75, 3.05) is 19.6 Å². The molecule has 2 amide bonds. The molecular weight excluding hydrogens is 304 g/mol. The molecule has 0 atom stereocenters. The standard InChI is InChI=1S/C19H24N2O3/c1-3-20(4-2)18(22)10-12-21(14-16-8-6-5-7-9-16)19(23)17-11-13-24-15-17/h5-9,11,13,15H,3-4,10,12,14H2,1-2H3. The monoisotopic (exact) mass is 328 g/mol. The van der Waals surface area contributed by atoms with Crippen LogP contribution < -0.4 is 0 Å². The van der Waals surface area contributed by atoms with Gasteiger partial charge >= 0.3 is 0 Å². The molecule has 0 saturated carbocycles. The summed E-state index contributed by atoms with van der Waals surface area (Å²) in [6.07, 6.45) is 3.24. The van der Waals surface area contributed by atoms with Gasteiger partial charge in [0.2, 0.25) is 5.91 Å². The van der Waals surface area contributed by atoms with E-state index in [9.17, 15) is 9.59 Å². The van der Waals surface area contributed by atoms with Crippen molar-refractivity contribution in [2.24, 2.45) is 0 Å². The maximum absolute atomic E-state index is 12.7. The number of benzene rings is 1. The average molecular weight is 328 g/mol. The molecule has 0 N–H and O–H groups in total. The van der Waals surface area contributed by atoms with Crippen molar-refractivity contribution in [3.8, 4) is 0 Å². The lowest BCUT2D eigenvalue weighted by atomic mass is 10.2. The molecule has 1 aromatic heterocycles. The van der Waals surface area contributed by atoms with Gasteiger partial charge in [-0.2, -0.15) is 0 Å². The van der Waals surface area contributed by atoms with E-state index in [0.29, 0.717) is 38.2 Å². The highest BCUT2D eigenvalue weighted by molar-refractivity contribution is 5.94. The summed E-state index contributed by atoms with van der Waals surface area (Å²) in [5.74, 6) is -0.0574. The van der Waals surface area contributed by atoms with Gasteiger partial charge < -0.3 is 14.2 Å². The SMILES string of the molecule is CCN(CC)C(=O)CCN(Cc1ccccc1)C(=O)c1ccoc1. The van der Waals surface area contributed by atoms with Crippen LogP contribution >= 0.6 is 0 Å². The Balaban J connectivity index is 2.08. The van der Waals surface area contributed by atoms with Gasteiger partial charge in [0, 0.05) is 32.6 Å². The number of furan rings is 1. The van der Waals surface area contributed by atoms with Crippen LogP contribution in [0.15, 0.2) is 53.3 Å². The summed E-state index contributed by atoms with van der Waals surface area (Å²) >= 11 is 0. The molecular formula is C19H24N2O3. The van der Waals surface area contributed by atoms with E-state index in [1.54, 1.807) is 15.9 Å². The van der Waals surface area contributed by atoms with E-state index in [1.807, 2.05) is 44.2 Å². The first-order valence-corrected chi connectivity index (χ1v) is 8.28. The van der Waals surface area contributed by atoms with Crippen LogP contribution in [0.2, 0.25) is 0 Å². The molecule has 0 aliphatic carbocycles. The minimum atomic E-state index is -0.125. The van der Waals surface area contributed by atoms with Gasteiger partial charge in [-0.3, -0.25) is 9.59 Å². The molecule has 128 valence electrons. The molecule has 2 aromatic rings. The zero-order chi connectivity index (χ0) is 17.4. The number of nitrogens with zero attached hydrogens (tertiary/aromatic N) is 2. The van der Waals surface area contributed by atoms with E-state index in [2.05, 4.69) is 0 Å². The maximum atomic E-state index is 12.7. The molecule has 1 aromatic carbocycles. The number of carbonyl (C=O) groups is 2. The average Bonchev–Trinajstić information content (AvgIpc) is 3.14. The third kappa shape index (κ3) is 4.72. The first-order valence-electron chi connectivity index (χ1n) is 8.28. The third-order valence-corrected chi connectivity index (χ3v) is 3.98. The van der Waals surface area contributed by atoms with Gasteiger partial charge in [-0.1, -0.05) is 30.3 Å². The van der Waals surface area contributed by atoms with E-state index in [-0.39, 0.29) is 11.8 Å². The molecule has 24 heavy (non-hydrogen) atoms. The largest absolute Gasteiger partial charge is 0.472 e. The fourth-order valence-corrected chi connectivity index (χ4v) is 2.59. The molecule has 0 spiro atoms. The number of hydrogen-bond acceptors (Lipinski definition) is 3. The van der Waals surface area contributed by atoms with Crippen LogP contribution in [0.4, 0.5) is 0 Å². The Hall–Kier alpha value is -2.56. The lowest BCUT2D eigenvalue weighted by Crippen LogP contribution is -2.36. The van der Waals surface area contributed by atoms with Crippen molar-refractivity contribution in [3.05, 3.63) is 60.1 Å². The second kappa shape index (κ2) is 8.91. The van der Waals surface area contributed by atoms with E-state index in [4.69, 9.17) is 4.42 Å². The summed E-state index contributed by atoms with van der Waals surface area (Å²) in [5, 5.41) is 0. The molecule has 5 nitrogen and oxygen atoms in total.